The summed E-state index contributed by atoms with van der Waals surface area (Å²) in [5.41, 5.74) is 3.96. The highest BCUT2D eigenvalue weighted by Crippen LogP contribution is 2.26. The zero-order valence-electron chi connectivity index (χ0n) is 16.7. The normalized spacial score (nSPS) is 10.9. The van der Waals surface area contributed by atoms with Gasteiger partial charge in [0, 0.05) is 11.8 Å². The molecule has 2 N–H and O–H groups in total. The number of anilines is 2. The molecule has 154 valence electrons. The summed E-state index contributed by atoms with van der Waals surface area (Å²) in [5.74, 6) is -0.167. The Hall–Kier alpha value is -2.97. The van der Waals surface area contributed by atoms with E-state index in [-0.39, 0.29) is 17.6 Å². The first-order chi connectivity index (χ1) is 14.5. The Morgan fingerprint density at radius 2 is 1.87 bits per heavy atom. The van der Waals surface area contributed by atoms with Crippen LogP contribution in [0.3, 0.4) is 0 Å². The van der Waals surface area contributed by atoms with E-state index in [0.29, 0.717) is 9.47 Å². The van der Waals surface area contributed by atoms with E-state index in [4.69, 9.17) is 0 Å². The van der Waals surface area contributed by atoms with Crippen molar-refractivity contribution in [1.82, 2.24) is 10.2 Å². The van der Waals surface area contributed by atoms with Crippen LogP contribution in [0.15, 0.2) is 58.9 Å². The Labute approximate surface area is 183 Å². The largest absolute Gasteiger partial charge is 0.325 e. The number of nitrogens with one attached hydrogen (secondary N) is 2. The minimum atomic E-state index is -0.282. The van der Waals surface area contributed by atoms with Crippen LogP contribution in [-0.2, 0) is 16.0 Å². The minimum absolute atomic E-state index is 0.101. The summed E-state index contributed by atoms with van der Waals surface area (Å²) < 4.78 is 0.619. The molecule has 0 atom stereocenters. The lowest BCUT2D eigenvalue weighted by Gasteiger charge is -2.12. The maximum atomic E-state index is 12.4. The number of carbonyl (C=O) groups excluding carboxylic acids is 2. The van der Waals surface area contributed by atoms with E-state index < -0.39 is 0 Å². The minimum Gasteiger partial charge on any atom is -0.325 e. The maximum Gasteiger partial charge on any atom is 0.250 e. The lowest BCUT2D eigenvalue weighted by molar-refractivity contribution is -0.114. The van der Waals surface area contributed by atoms with Gasteiger partial charge in [-0.3, -0.25) is 14.9 Å². The summed E-state index contributed by atoms with van der Waals surface area (Å²) in [5, 5.41) is 14.1. The molecule has 0 bridgehead atoms. The third-order valence-electron chi connectivity index (χ3n) is 4.19. The van der Waals surface area contributed by atoms with E-state index in [1.165, 1.54) is 29.2 Å². The second-order valence-corrected chi connectivity index (χ2v) is 8.61. The van der Waals surface area contributed by atoms with Gasteiger partial charge in [-0.05, 0) is 36.1 Å². The Morgan fingerprint density at radius 3 is 2.63 bits per heavy atom. The number of thioether (sulfide) groups is 1. The van der Waals surface area contributed by atoms with Crippen molar-refractivity contribution in [3.05, 3.63) is 71.3 Å². The summed E-state index contributed by atoms with van der Waals surface area (Å²) in [6, 6.07) is 15.5. The number of hydrogen-bond donors (Lipinski definition) is 2. The quantitative estimate of drug-likeness (QED) is 0.300. The molecule has 0 saturated carbocycles. The molecule has 3 rings (SSSR count). The van der Waals surface area contributed by atoms with Crippen LogP contribution in [0.25, 0.3) is 6.08 Å². The fourth-order valence-corrected chi connectivity index (χ4v) is 4.26. The molecular formula is C22H22N4O2S2. The highest BCUT2D eigenvalue weighted by Gasteiger charge is 2.12. The van der Waals surface area contributed by atoms with Gasteiger partial charge in [-0.15, -0.1) is 10.2 Å². The predicted molar refractivity (Wildman–Crippen MR) is 124 cm³/mol. The summed E-state index contributed by atoms with van der Waals surface area (Å²) >= 11 is 2.53. The Morgan fingerprint density at radius 1 is 1.07 bits per heavy atom. The zero-order chi connectivity index (χ0) is 21.3. The second-order valence-electron chi connectivity index (χ2n) is 6.41. The van der Waals surface area contributed by atoms with Crippen molar-refractivity contribution in [1.29, 1.82) is 0 Å². The molecule has 0 radical (unpaired) electrons. The van der Waals surface area contributed by atoms with Gasteiger partial charge in [0.15, 0.2) is 4.34 Å². The Bertz CT molecular complexity index is 1050. The number of hydrogen-bond acceptors (Lipinski definition) is 6. The van der Waals surface area contributed by atoms with Crippen molar-refractivity contribution < 1.29 is 9.59 Å². The predicted octanol–water partition coefficient (Wildman–Crippen LogP) is 4.79. The fourth-order valence-electron chi connectivity index (χ4n) is 2.71. The molecule has 3 aromatic rings. The smallest absolute Gasteiger partial charge is 0.250 e. The highest BCUT2D eigenvalue weighted by atomic mass is 32.2. The van der Waals surface area contributed by atoms with Crippen LogP contribution in [-0.4, -0.2) is 27.8 Å². The molecule has 1 heterocycles. The van der Waals surface area contributed by atoms with E-state index >= 15 is 0 Å². The molecule has 0 aliphatic rings. The standard InChI is InChI=1S/C22H22N4O2S2/c1-3-17-11-7-8-15(2)20(17)23-19(28)14-29-22-26-25-21(30-22)24-18(27)13-12-16-9-5-4-6-10-16/h4-13H,3,14H2,1-2H3,(H,23,28)(H,24,25,27). The van der Waals surface area contributed by atoms with Crippen molar-refractivity contribution in [3.8, 4) is 0 Å². The third-order valence-corrected chi connectivity index (χ3v) is 6.17. The van der Waals surface area contributed by atoms with Crippen molar-refractivity contribution in [3.63, 3.8) is 0 Å². The van der Waals surface area contributed by atoms with Gasteiger partial charge < -0.3 is 5.32 Å². The molecule has 0 aliphatic carbocycles. The molecule has 6 nitrogen and oxygen atoms in total. The van der Waals surface area contributed by atoms with Crippen LogP contribution >= 0.6 is 23.1 Å². The highest BCUT2D eigenvalue weighted by molar-refractivity contribution is 8.01. The molecule has 0 unspecified atom stereocenters. The van der Waals surface area contributed by atoms with Gasteiger partial charge >= 0.3 is 0 Å². The van der Waals surface area contributed by atoms with Gasteiger partial charge in [-0.2, -0.15) is 0 Å². The molecule has 30 heavy (non-hydrogen) atoms. The van der Waals surface area contributed by atoms with E-state index in [0.717, 1.165) is 28.8 Å². The van der Waals surface area contributed by atoms with Crippen LogP contribution in [0.5, 0.6) is 0 Å². The molecule has 0 aliphatic heterocycles. The molecule has 2 amide bonds. The van der Waals surface area contributed by atoms with Gasteiger partial charge in [0.05, 0.1) is 5.75 Å². The Kier molecular flexibility index (Phi) is 7.75. The van der Waals surface area contributed by atoms with E-state index in [9.17, 15) is 9.59 Å². The molecule has 0 saturated heterocycles. The van der Waals surface area contributed by atoms with Crippen LogP contribution in [0.1, 0.15) is 23.6 Å². The lowest BCUT2D eigenvalue weighted by atomic mass is 10.1. The SMILES string of the molecule is CCc1cccc(C)c1NC(=O)CSc1nnc(NC(=O)C=Cc2ccccc2)s1. The van der Waals surface area contributed by atoms with Gasteiger partial charge in [0.25, 0.3) is 0 Å². The van der Waals surface area contributed by atoms with Crippen LogP contribution < -0.4 is 10.6 Å². The number of aromatic nitrogens is 2. The van der Waals surface area contributed by atoms with Crippen molar-refractivity contribution in [2.75, 3.05) is 16.4 Å². The topological polar surface area (TPSA) is 84.0 Å². The van der Waals surface area contributed by atoms with Crippen molar-refractivity contribution in [2.24, 2.45) is 0 Å². The molecular weight excluding hydrogens is 416 g/mol. The number of benzene rings is 2. The van der Waals surface area contributed by atoms with Gasteiger partial charge in [0.2, 0.25) is 16.9 Å². The Balaban J connectivity index is 1.50. The summed E-state index contributed by atoms with van der Waals surface area (Å²) in [6.07, 6.45) is 4.03. The van der Waals surface area contributed by atoms with Crippen LogP contribution in [0, 0.1) is 6.92 Å². The second kappa shape index (κ2) is 10.7. The van der Waals surface area contributed by atoms with Crippen LogP contribution in [0.2, 0.25) is 0 Å². The van der Waals surface area contributed by atoms with Gasteiger partial charge in [-0.25, -0.2) is 0 Å². The molecule has 1 aromatic heterocycles. The molecule has 0 fully saturated rings. The summed E-state index contributed by atoms with van der Waals surface area (Å²) in [4.78, 5) is 24.4. The van der Waals surface area contributed by atoms with Crippen LogP contribution in [0.4, 0.5) is 10.8 Å². The van der Waals surface area contributed by atoms with E-state index in [1.54, 1.807) is 6.08 Å². The number of nitrogens with zero attached hydrogens (tertiary/aromatic N) is 2. The number of carbonyl (C=O) groups is 2. The number of rotatable bonds is 8. The number of amides is 2. The average Bonchev–Trinajstić information content (AvgIpc) is 3.20. The summed E-state index contributed by atoms with van der Waals surface area (Å²) in [6.45, 7) is 4.04. The first-order valence-electron chi connectivity index (χ1n) is 9.44. The van der Waals surface area contributed by atoms with E-state index in [1.807, 2.05) is 55.5 Å². The first-order valence-corrected chi connectivity index (χ1v) is 11.2. The van der Waals surface area contributed by atoms with Gasteiger partial charge in [-0.1, -0.05) is 78.6 Å². The van der Waals surface area contributed by atoms with Gasteiger partial charge in [0.1, 0.15) is 0 Å². The zero-order valence-corrected chi connectivity index (χ0v) is 18.3. The lowest BCUT2D eigenvalue weighted by Crippen LogP contribution is -2.16. The molecule has 2 aromatic carbocycles. The van der Waals surface area contributed by atoms with Crippen molar-refractivity contribution >= 4 is 51.8 Å². The summed E-state index contributed by atoms with van der Waals surface area (Å²) in [7, 11) is 0. The number of aryl methyl sites for hydroxylation is 2. The maximum absolute atomic E-state index is 12.4. The fraction of sp³-hybridized carbons (Fsp3) is 0.182. The first kappa shape index (κ1) is 21.7. The van der Waals surface area contributed by atoms with Crippen molar-refractivity contribution in [2.45, 2.75) is 24.6 Å². The molecule has 0 spiro atoms. The third kappa shape index (κ3) is 6.27. The molecule has 8 heteroatoms. The van der Waals surface area contributed by atoms with E-state index in [2.05, 4.69) is 27.8 Å². The monoisotopic (exact) mass is 438 g/mol. The number of para-hydroxylation sites is 1. The average molecular weight is 439 g/mol.